The first kappa shape index (κ1) is 16.2. The van der Waals surface area contributed by atoms with Crippen molar-refractivity contribution in [2.45, 2.75) is 11.2 Å². The zero-order valence-electron chi connectivity index (χ0n) is 11.5. The van der Waals surface area contributed by atoms with Gasteiger partial charge in [-0.25, -0.2) is 9.19 Å². The van der Waals surface area contributed by atoms with Crippen molar-refractivity contribution >= 4 is 16.9 Å². The molecule has 0 spiro atoms. The van der Waals surface area contributed by atoms with Gasteiger partial charge in [0.2, 0.25) is 0 Å². The number of methoxy groups -OCH3 is 1. The van der Waals surface area contributed by atoms with Gasteiger partial charge in [0, 0.05) is 17.7 Å². The van der Waals surface area contributed by atoms with Gasteiger partial charge in [0.1, 0.15) is 10.8 Å². The summed E-state index contributed by atoms with van der Waals surface area (Å²) < 4.78 is 55.6. The molecule has 1 heterocycles. The molecule has 2 rings (SSSR count). The summed E-state index contributed by atoms with van der Waals surface area (Å²) in [5, 5.41) is 1.38. The second-order valence-electron chi connectivity index (χ2n) is 4.22. The Morgan fingerprint density at radius 2 is 1.95 bits per heavy atom. The lowest BCUT2D eigenvalue weighted by atomic mass is 10.1. The molecule has 0 aliphatic carbocycles. The molecule has 0 aliphatic rings. The minimum Gasteiger partial charge on any atom is -0.497 e. The van der Waals surface area contributed by atoms with E-state index in [9.17, 15) is 17.4 Å². The van der Waals surface area contributed by atoms with Crippen molar-refractivity contribution < 1.29 is 22.1 Å². The van der Waals surface area contributed by atoms with Crippen LogP contribution in [0.5, 0.6) is 5.75 Å². The highest BCUT2D eigenvalue weighted by Crippen LogP contribution is 2.32. The van der Waals surface area contributed by atoms with E-state index in [1.807, 2.05) is 0 Å². The summed E-state index contributed by atoms with van der Waals surface area (Å²) in [6, 6.07) is 8.14. The average Bonchev–Trinajstić information content (AvgIpc) is 2.52. The van der Waals surface area contributed by atoms with Crippen molar-refractivity contribution in [2.24, 2.45) is 0 Å². The van der Waals surface area contributed by atoms with E-state index in [2.05, 4.69) is 4.98 Å². The summed E-state index contributed by atoms with van der Waals surface area (Å²) in [5.74, 6) is 0.474. The first-order chi connectivity index (χ1) is 10.4. The van der Waals surface area contributed by atoms with Gasteiger partial charge in [0.05, 0.1) is 23.5 Å². The average molecular weight is 327 g/mol. The number of hydrogen-bond acceptors (Lipinski definition) is 3. The molecular weight excluding hydrogens is 315 g/mol. The molecule has 3 nitrogen and oxygen atoms in total. The van der Waals surface area contributed by atoms with E-state index in [0.29, 0.717) is 5.75 Å². The van der Waals surface area contributed by atoms with E-state index in [1.165, 1.54) is 49.1 Å². The van der Waals surface area contributed by atoms with E-state index >= 15 is 0 Å². The van der Waals surface area contributed by atoms with Gasteiger partial charge < -0.3 is 4.74 Å². The Morgan fingerprint density at radius 1 is 1.23 bits per heavy atom. The maximum absolute atomic E-state index is 12.9. The molecule has 0 N–H and O–H groups in total. The number of pyridine rings is 1. The normalized spacial score (nSPS) is 13.3. The van der Waals surface area contributed by atoms with Crippen molar-refractivity contribution in [1.29, 1.82) is 0 Å². The van der Waals surface area contributed by atoms with Crippen LogP contribution in [-0.2, 0) is 17.0 Å². The third kappa shape index (κ3) is 3.94. The highest BCUT2D eigenvalue weighted by Gasteiger charge is 2.32. The van der Waals surface area contributed by atoms with Crippen LogP contribution in [0.15, 0.2) is 53.0 Å². The molecule has 116 valence electrons. The van der Waals surface area contributed by atoms with E-state index in [4.69, 9.17) is 4.74 Å². The number of rotatable bonds is 4. The second-order valence-corrected chi connectivity index (χ2v) is 5.50. The van der Waals surface area contributed by atoms with Crippen LogP contribution in [0.25, 0.3) is 6.08 Å². The number of benzene rings is 1. The summed E-state index contributed by atoms with van der Waals surface area (Å²) in [5.41, 5.74) is -0.826. The topological polar surface area (TPSA) is 39.2 Å². The van der Waals surface area contributed by atoms with Crippen molar-refractivity contribution in [2.75, 3.05) is 7.11 Å². The Hall–Kier alpha value is -2.15. The standard InChI is InChI=1S/C15H12F3NO2S/c1-21-12-6-8-19-14(10-12)22(20)9-7-11-4-2-3-5-13(11)15(16,17)18/h2-10H,1H3/b9-7+. The van der Waals surface area contributed by atoms with Crippen LogP contribution >= 0.6 is 0 Å². The van der Waals surface area contributed by atoms with Gasteiger partial charge in [-0.3, -0.25) is 0 Å². The summed E-state index contributed by atoms with van der Waals surface area (Å²) >= 11 is 0. The monoisotopic (exact) mass is 327 g/mol. The van der Waals surface area contributed by atoms with Crippen LogP contribution in [0, 0.1) is 0 Å². The number of ether oxygens (including phenoxy) is 1. The SMILES string of the molecule is COc1ccnc(S(=O)/C=C/c2ccccc2C(F)(F)F)c1. The zero-order chi connectivity index (χ0) is 16.2. The van der Waals surface area contributed by atoms with Gasteiger partial charge >= 0.3 is 6.18 Å². The van der Waals surface area contributed by atoms with Crippen LogP contribution in [0.2, 0.25) is 0 Å². The Balaban J connectivity index is 2.27. The molecular formula is C15H12F3NO2S. The van der Waals surface area contributed by atoms with E-state index in [1.54, 1.807) is 6.07 Å². The molecule has 1 unspecified atom stereocenters. The molecule has 7 heteroatoms. The van der Waals surface area contributed by atoms with Gasteiger partial charge in [-0.05, 0) is 23.8 Å². The largest absolute Gasteiger partial charge is 0.497 e. The molecule has 22 heavy (non-hydrogen) atoms. The smallest absolute Gasteiger partial charge is 0.416 e. The summed E-state index contributed by atoms with van der Waals surface area (Å²) in [6.07, 6.45) is -1.86. The fraction of sp³-hybridized carbons (Fsp3) is 0.133. The maximum Gasteiger partial charge on any atom is 0.416 e. The molecule has 0 bridgehead atoms. The first-order valence-corrected chi connectivity index (χ1v) is 7.38. The Morgan fingerprint density at radius 3 is 2.64 bits per heavy atom. The van der Waals surface area contributed by atoms with Gasteiger partial charge in [0.15, 0.2) is 0 Å². The minimum absolute atomic E-state index is 0.0498. The molecule has 1 aromatic carbocycles. The van der Waals surface area contributed by atoms with Crippen LogP contribution in [-0.4, -0.2) is 16.3 Å². The zero-order valence-corrected chi connectivity index (χ0v) is 12.3. The lowest BCUT2D eigenvalue weighted by Crippen LogP contribution is -2.06. The van der Waals surface area contributed by atoms with Gasteiger partial charge in [-0.15, -0.1) is 0 Å². The number of halogens is 3. The number of hydrogen-bond donors (Lipinski definition) is 0. The molecule has 1 aromatic heterocycles. The van der Waals surface area contributed by atoms with Crippen molar-refractivity contribution in [3.05, 3.63) is 59.1 Å². The Labute approximate surface area is 127 Å². The lowest BCUT2D eigenvalue weighted by molar-refractivity contribution is -0.137. The van der Waals surface area contributed by atoms with Crippen molar-refractivity contribution in [3.8, 4) is 5.75 Å². The van der Waals surface area contributed by atoms with Gasteiger partial charge in [-0.2, -0.15) is 13.2 Å². The summed E-state index contributed by atoms with van der Waals surface area (Å²) in [4.78, 5) is 3.92. The minimum atomic E-state index is -4.46. The van der Waals surface area contributed by atoms with E-state index < -0.39 is 22.5 Å². The van der Waals surface area contributed by atoms with Crippen molar-refractivity contribution in [1.82, 2.24) is 4.98 Å². The van der Waals surface area contributed by atoms with E-state index in [0.717, 1.165) is 6.07 Å². The lowest BCUT2D eigenvalue weighted by Gasteiger charge is -2.09. The van der Waals surface area contributed by atoms with Gasteiger partial charge in [-0.1, -0.05) is 18.2 Å². The number of alkyl halides is 3. The maximum atomic E-state index is 12.9. The fourth-order valence-corrected chi connectivity index (χ4v) is 2.54. The van der Waals surface area contributed by atoms with Crippen LogP contribution in [0.4, 0.5) is 13.2 Å². The van der Waals surface area contributed by atoms with Crippen LogP contribution < -0.4 is 4.74 Å². The molecule has 0 aliphatic heterocycles. The highest BCUT2D eigenvalue weighted by atomic mass is 32.2. The molecule has 0 radical (unpaired) electrons. The Kier molecular flexibility index (Phi) is 4.97. The number of aromatic nitrogens is 1. The van der Waals surface area contributed by atoms with Crippen molar-refractivity contribution in [3.63, 3.8) is 0 Å². The second kappa shape index (κ2) is 6.74. The third-order valence-electron chi connectivity index (χ3n) is 2.79. The molecule has 0 saturated carbocycles. The molecule has 0 saturated heterocycles. The Bertz CT molecular complexity index is 714. The quantitative estimate of drug-likeness (QED) is 0.855. The van der Waals surface area contributed by atoms with Crippen LogP contribution in [0.1, 0.15) is 11.1 Å². The molecule has 2 aromatic rings. The van der Waals surface area contributed by atoms with Crippen LogP contribution in [0.3, 0.4) is 0 Å². The first-order valence-electron chi connectivity index (χ1n) is 6.17. The molecule has 1 atom stereocenters. The summed E-state index contributed by atoms with van der Waals surface area (Å²) in [7, 11) is -0.214. The third-order valence-corrected chi connectivity index (χ3v) is 3.80. The predicted octanol–water partition coefficient (Wildman–Crippen LogP) is 3.89. The molecule has 0 fully saturated rings. The van der Waals surface area contributed by atoms with E-state index in [-0.39, 0.29) is 10.6 Å². The highest BCUT2D eigenvalue weighted by molar-refractivity contribution is 7.88. The molecule has 0 amide bonds. The predicted molar refractivity (Wildman–Crippen MR) is 77.7 cm³/mol. The van der Waals surface area contributed by atoms with Gasteiger partial charge in [0.25, 0.3) is 0 Å². The number of nitrogens with zero attached hydrogens (tertiary/aromatic N) is 1. The fourth-order valence-electron chi connectivity index (χ4n) is 1.73. The summed E-state index contributed by atoms with van der Waals surface area (Å²) in [6.45, 7) is 0.